The van der Waals surface area contributed by atoms with Crippen molar-refractivity contribution < 1.29 is 4.79 Å². The Morgan fingerprint density at radius 2 is 1.81 bits per heavy atom. The Morgan fingerprint density at radius 3 is 2.31 bits per heavy atom. The van der Waals surface area contributed by atoms with E-state index in [1.807, 2.05) is 44.2 Å². The summed E-state index contributed by atoms with van der Waals surface area (Å²) in [6, 6.07) is 9.71. The van der Waals surface area contributed by atoms with E-state index in [0.717, 1.165) is 6.42 Å². The maximum absolute atomic E-state index is 11.6. The van der Waals surface area contributed by atoms with Crippen LogP contribution in [0, 0.1) is 5.92 Å². The van der Waals surface area contributed by atoms with Gasteiger partial charge in [-0.25, -0.2) is 0 Å². The van der Waals surface area contributed by atoms with Crippen LogP contribution in [0.15, 0.2) is 30.3 Å². The molecule has 0 heterocycles. The Hall–Kier alpha value is -0.860. The van der Waals surface area contributed by atoms with Gasteiger partial charge < -0.3 is 5.73 Å². The third-order valence-corrected chi connectivity index (χ3v) is 2.59. The normalized spacial score (nSPS) is 12.0. The molecule has 1 rings (SSSR count). The Kier molecular flexibility index (Phi) is 7.02. The zero-order valence-electron chi connectivity index (χ0n) is 9.85. The molecule has 0 aliphatic heterocycles. The van der Waals surface area contributed by atoms with Crippen LogP contribution < -0.4 is 5.73 Å². The maximum atomic E-state index is 11.6. The highest BCUT2D eigenvalue weighted by atomic mass is 35.5. The topological polar surface area (TPSA) is 43.1 Å². The molecular formula is C13H20ClNO. The highest BCUT2D eigenvalue weighted by molar-refractivity contribution is 5.85. The van der Waals surface area contributed by atoms with Crippen LogP contribution in [-0.2, 0) is 11.2 Å². The minimum absolute atomic E-state index is 0. The number of rotatable bonds is 5. The van der Waals surface area contributed by atoms with Crippen molar-refractivity contribution in [2.75, 3.05) is 0 Å². The van der Waals surface area contributed by atoms with Gasteiger partial charge in [-0.05, 0) is 17.9 Å². The third-order valence-electron chi connectivity index (χ3n) is 2.59. The second-order valence-electron chi connectivity index (χ2n) is 4.22. The number of carbonyl (C=O) groups is 1. The van der Waals surface area contributed by atoms with Gasteiger partial charge in [0.05, 0.1) is 6.04 Å². The van der Waals surface area contributed by atoms with E-state index < -0.39 is 0 Å². The lowest BCUT2D eigenvalue weighted by atomic mass is 9.96. The molecule has 0 radical (unpaired) electrons. The number of nitrogens with two attached hydrogens (primary N) is 1. The van der Waals surface area contributed by atoms with Crippen molar-refractivity contribution in [3.63, 3.8) is 0 Å². The lowest BCUT2D eigenvalue weighted by Crippen LogP contribution is -2.35. The molecule has 2 N–H and O–H groups in total. The first kappa shape index (κ1) is 15.1. The summed E-state index contributed by atoms with van der Waals surface area (Å²) in [5, 5.41) is 0. The highest BCUT2D eigenvalue weighted by Crippen LogP contribution is 2.07. The van der Waals surface area contributed by atoms with Crippen LogP contribution in [0.3, 0.4) is 0 Å². The molecule has 0 aliphatic carbocycles. The monoisotopic (exact) mass is 241 g/mol. The number of carbonyl (C=O) groups excluding carboxylic acids is 1. The number of hydrogen-bond acceptors (Lipinski definition) is 2. The molecule has 90 valence electrons. The van der Waals surface area contributed by atoms with Gasteiger partial charge in [0, 0.05) is 6.42 Å². The summed E-state index contributed by atoms with van der Waals surface area (Å²) in [5.74, 6) is 0.391. The molecule has 0 aromatic heterocycles. The summed E-state index contributed by atoms with van der Waals surface area (Å²) in [6.07, 6.45) is 1.34. The lowest BCUT2D eigenvalue weighted by Gasteiger charge is -2.13. The van der Waals surface area contributed by atoms with Crippen molar-refractivity contribution in [3.05, 3.63) is 35.9 Å². The average molecular weight is 242 g/mol. The van der Waals surface area contributed by atoms with E-state index in [-0.39, 0.29) is 30.2 Å². The molecule has 1 aromatic carbocycles. The number of Topliss-reactive ketones (excluding diaryl/α,β-unsaturated/α-hetero) is 1. The molecule has 1 atom stereocenters. The van der Waals surface area contributed by atoms with E-state index >= 15 is 0 Å². The van der Waals surface area contributed by atoms with Crippen molar-refractivity contribution in [1.82, 2.24) is 0 Å². The second kappa shape index (κ2) is 7.42. The van der Waals surface area contributed by atoms with Gasteiger partial charge >= 0.3 is 0 Å². The molecule has 0 unspecified atom stereocenters. The van der Waals surface area contributed by atoms with Gasteiger partial charge in [0.25, 0.3) is 0 Å². The molecule has 0 amide bonds. The van der Waals surface area contributed by atoms with Gasteiger partial charge in [0.15, 0.2) is 0 Å². The van der Waals surface area contributed by atoms with Gasteiger partial charge in [0.1, 0.15) is 5.78 Å². The smallest absolute Gasteiger partial charge is 0.150 e. The molecule has 0 fully saturated rings. The number of benzene rings is 1. The fourth-order valence-electron chi connectivity index (χ4n) is 1.45. The fourth-order valence-corrected chi connectivity index (χ4v) is 1.45. The molecule has 0 aliphatic rings. The summed E-state index contributed by atoms with van der Waals surface area (Å²) in [6.45, 7) is 3.95. The maximum Gasteiger partial charge on any atom is 0.150 e. The Balaban J connectivity index is 0.00000225. The summed E-state index contributed by atoms with van der Waals surface area (Å²) in [7, 11) is 0. The SMILES string of the molecule is CC(C)[C@@H](N)C(=O)CCc1ccccc1.Cl. The van der Waals surface area contributed by atoms with Gasteiger partial charge in [-0.2, -0.15) is 0 Å². The molecular weight excluding hydrogens is 222 g/mol. The van der Waals surface area contributed by atoms with Gasteiger partial charge in [-0.15, -0.1) is 12.4 Å². The first-order valence-corrected chi connectivity index (χ1v) is 5.43. The third kappa shape index (κ3) is 4.77. The zero-order chi connectivity index (χ0) is 11.3. The lowest BCUT2D eigenvalue weighted by molar-refractivity contribution is -0.121. The molecule has 0 saturated heterocycles. The largest absolute Gasteiger partial charge is 0.321 e. The van der Waals surface area contributed by atoms with E-state index in [4.69, 9.17) is 5.73 Å². The molecule has 3 heteroatoms. The van der Waals surface area contributed by atoms with Crippen LogP contribution in [0.2, 0.25) is 0 Å². The molecule has 16 heavy (non-hydrogen) atoms. The quantitative estimate of drug-likeness (QED) is 0.861. The minimum Gasteiger partial charge on any atom is -0.321 e. The number of hydrogen-bond donors (Lipinski definition) is 1. The predicted octanol–water partition coefficient (Wildman–Crippen LogP) is 2.59. The second-order valence-corrected chi connectivity index (χ2v) is 4.22. The molecule has 0 saturated carbocycles. The molecule has 1 aromatic rings. The Bertz CT molecular complexity index is 311. The molecule has 0 bridgehead atoms. The Labute approximate surface area is 104 Å². The van der Waals surface area contributed by atoms with Crippen molar-refractivity contribution >= 4 is 18.2 Å². The van der Waals surface area contributed by atoms with E-state index in [0.29, 0.717) is 6.42 Å². The van der Waals surface area contributed by atoms with Gasteiger partial charge in [-0.3, -0.25) is 4.79 Å². The summed E-state index contributed by atoms with van der Waals surface area (Å²) < 4.78 is 0. The summed E-state index contributed by atoms with van der Waals surface area (Å²) in [5.41, 5.74) is 6.97. The van der Waals surface area contributed by atoms with Crippen LogP contribution in [0.5, 0.6) is 0 Å². The standard InChI is InChI=1S/C13H19NO.ClH/c1-10(2)13(14)12(15)9-8-11-6-4-3-5-7-11;/h3-7,10,13H,8-9,14H2,1-2H3;1H/t13-;/m1./s1. The van der Waals surface area contributed by atoms with Crippen molar-refractivity contribution in [2.24, 2.45) is 11.7 Å². The van der Waals surface area contributed by atoms with E-state index in [1.165, 1.54) is 5.56 Å². The summed E-state index contributed by atoms with van der Waals surface area (Å²) >= 11 is 0. The number of halogens is 1. The van der Waals surface area contributed by atoms with Crippen molar-refractivity contribution in [2.45, 2.75) is 32.7 Å². The minimum atomic E-state index is -0.311. The van der Waals surface area contributed by atoms with E-state index in [1.54, 1.807) is 0 Å². The van der Waals surface area contributed by atoms with Crippen LogP contribution >= 0.6 is 12.4 Å². The zero-order valence-corrected chi connectivity index (χ0v) is 10.7. The average Bonchev–Trinajstić information content (AvgIpc) is 2.26. The summed E-state index contributed by atoms with van der Waals surface area (Å²) in [4.78, 5) is 11.6. The van der Waals surface area contributed by atoms with Crippen LogP contribution in [0.1, 0.15) is 25.8 Å². The molecule has 2 nitrogen and oxygen atoms in total. The molecule has 0 spiro atoms. The van der Waals surface area contributed by atoms with Crippen LogP contribution in [-0.4, -0.2) is 11.8 Å². The fraction of sp³-hybridized carbons (Fsp3) is 0.462. The Morgan fingerprint density at radius 1 is 1.25 bits per heavy atom. The number of aryl methyl sites for hydroxylation is 1. The van der Waals surface area contributed by atoms with E-state index in [9.17, 15) is 4.79 Å². The van der Waals surface area contributed by atoms with Crippen molar-refractivity contribution in [3.8, 4) is 0 Å². The van der Waals surface area contributed by atoms with Crippen LogP contribution in [0.4, 0.5) is 0 Å². The van der Waals surface area contributed by atoms with Gasteiger partial charge in [0.2, 0.25) is 0 Å². The number of ketones is 1. The first-order valence-electron chi connectivity index (χ1n) is 5.43. The van der Waals surface area contributed by atoms with Crippen molar-refractivity contribution in [1.29, 1.82) is 0 Å². The first-order chi connectivity index (χ1) is 7.11. The van der Waals surface area contributed by atoms with E-state index in [2.05, 4.69) is 0 Å². The highest BCUT2D eigenvalue weighted by Gasteiger charge is 2.16. The van der Waals surface area contributed by atoms with Gasteiger partial charge in [-0.1, -0.05) is 44.2 Å². The predicted molar refractivity (Wildman–Crippen MR) is 69.8 cm³/mol. The van der Waals surface area contributed by atoms with Crippen LogP contribution in [0.25, 0.3) is 0 Å².